The van der Waals surface area contributed by atoms with Gasteiger partial charge in [0.1, 0.15) is 5.17 Å². The average Bonchev–Trinajstić information content (AvgIpc) is 2.02. The molecule has 0 heterocycles. The van der Waals surface area contributed by atoms with Crippen molar-refractivity contribution >= 4 is 38.6 Å². The summed E-state index contributed by atoms with van der Waals surface area (Å²) in [6.07, 6.45) is 1.43. The molecule has 0 atom stereocenters. The molecule has 3 nitrogen and oxygen atoms in total. The van der Waals surface area contributed by atoms with Crippen molar-refractivity contribution in [2.24, 2.45) is 4.99 Å². The predicted octanol–water partition coefficient (Wildman–Crippen LogP) is 1.28. The van der Waals surface area contributed by atoms with E-state index in [0.717, 1.165) is 0 Å². The Balaban J connectivity index is 4.34. The van der Waals surface area contributed by atoms with Crippen molar-refractivity contribution in [2.75, 3.05) is 14.1 Å². The van der Waals surface area contributed by atoms with Crippen LogP contribution in [0.1, 0.15) is 0 Å². The summed E-state index contributed by atoms with van der Waals surface area (Å²) in [5.74, 6) is -0.230. The van der Waals surface area contributed by atoms with E-state index in [1.807, 2.05) is 0 Å². The second-order valence-corrected chi connectivity index (χ2v) is 2.86. The van der Waals surface area contributed by atoms with Gasteiger partial charge in [-0.3, -0.25) is 9.79 Å². The predicted molar refractivity (Wildman–Crippen MR) is 50.3 cm³/mol. The second-order valence-electron chi connectivity index (χ2n) is 1.62. The lowest BCUT2D eigenvalue weighted by Crippen LogP contribution is -2.17. The number of nitrogens with zero attached hydrogens (tertiary/aromatic N) is 1. The van der Waals surface area contributed by atoms with Crippen molar-refractivity contribution in [2.45, 2.75) is 0 Å². The number of rotatable bonds is 2. The monoisotopic (exact) mass is 238 g/mol. The van der Waals surface area contributed by atoms with Gasteiger partial charge in [0.05, 0.1) is 4.48 Å². The van der Waals surface area contributed by atoms with Gasteiger partial charge in [-0.25, -0.2) is 0 Å². The van der Waals surface area contributed by atoms with Crippen LogP contribution < -0.4 is 5.32 Å². The molecule has 0 fully saturated rings. The van der Waals surface area contributed by atoms with Gasteiger partial charge in [-0.1, -0.05) is 11.6 Å². The number of allylic oxidation sites excluding steroid dienone is 1. The van der Waals surface area contributed by atoms with E-state index in [-0.39, 0.29) is 11.1 Å². The summed E-state index contributed by atoms with van der Waals surface area (Å²) in [7, 11) is 3.08. The van der Waals surface area contributed by atoms with Crippen LogP contribution in [0.15, 0.2) is 15.6 Å². The van der Waals surface area contributed by atoms with Crippen LogP contribution in [-0.4, -0.2) is 25.2 Å². The minimum absolute atomic E-state index is 0.230. The molecule has 11 heavy (non-hydrogen) atoms. The maximum absolute atomic E-state index is 10.8. The zero-order chi connectivity index (χ0) is 8.85. The molecular formula is C6H8BrClN2O. The summed E-state index contributed by atoms with van der Waals surface area (Å²) in [5, 5.41) is 2.70. The highest BCUT2D eigenvalue weighted by molar-refractivity contribution is 9.12. The fourth-order valence-electron chi connectivity index (χ4n) is 0.354. The molecule has 0 aliphatic rings. The number of hydrogen-bond donors (Lipinski definition) is 1. The van der Waals surface area contributed by atoms with E-state index in [4.69, 9.17) is 11.6 Å². The Bertz CT molecular complexity index is 213. The lowest BCUT2D eigenvalue weighted by molar-refractivity contribution is -0.116. The first-order chi connectivity index (χ1) is 5.11. The highest BCUT2D eigenvalue weighted by Gasteiger charge is 2.02. The third-order valence-corrected chi connectivity index (χ3v) is 1.77. The number of nitrogens with one attached hydrogen (secondary N) is 1. The Labute approximate surface area is 78.7 Å². The zero-order valence-electron chi connectivity index (χ0n) is 6.19. The topological polar surface area (TPSA) is 41.5 Å². The Morgan fingerprint density at radius 2 is 2.27 bits per heavy atom. The SMILES string of the molecule is C/N=C(Cl)/C=C(/Br)C(=O)NC. The molecule has 0 aromatic rings. The first-order valence-electron chi connectivity index (χ1n) is 2.83. The minimum atomic E-state index is -0.230. The number of halogens is 2. The Morgan fingerprint density at radius 1 is 1.73 bits per heavy atom. The number of amides is 1. The van der Waals surface area contributed by atoms with Crippen molar-refractivity contribution in [1.82, 2.24) is 5.32 Å². The molecule has 0 aliphatic heterocycles. The number of carbonyl (C=O) groups excluding carboxylic acids is 1. The van der Waals surface area contributed by atoms with Crippen LogP contribution in [-0.2, 0) is 4.79 Å². The van der Waals surface area contributed by atoms with E-state index in [2.05, 4.69) is 26.2 Å². The van der Waals surface area contributed by atoms with Crippen LogP contribution in [0.3, 0.4) is 0 Å². The molecule has 0 saturated heterocycles. The maximum atomic E-state index is 10.8. The van der Waals surface area contributed by atoms with Gasteiger partial charge >= 0.3 is 0 Å². The third-order valence-electron chi connectivity index (χ3n) is 0.903. The number of carbonyl (C=O) groups is 1. The molecule has 0 aromatic carbocycles. The largest absolute Gasteiger partial charge is 0.355 e. The zero-order valence-corrected chi connectivity index (χ0v) is 8.53. The Hall–Kier alpha value is -0.350. The summed E-state index contributed by atoms with van der Waals surface area (Å²) in [5.41, 5.74) is 0. The van der Waals surface area contributed by atoms with E-state index in [1.54, 1.807) is 7.05 Å². The van der Waals surface area contributed by atoms with Gasteiger partial charge < -0.3 is 5.32 Å². The minimum Gasteiger partial charge on any atom is -0.355 e. The average molecular weight is 240 g/mol. The third kappa shape index (κ3) is 4.16. The second kappa shape index (κ2) is 5.32. The van der Waals surface area contributed by atoms with Gasteiger partial charge in [0.2, 0.25) is 0 Å². The van der Waals surface area contributed by atoms with Gasteiger partial charge in [0.25, 0.3) is 5.91 Å². The number of hydrogen-bond acceptors (Lipinski definition) is 2. The molecule has 0 rings (SSSR count). The van der Waals surface area contributed by atoms with E-state index in [0.29, 0.717) is 4.48 Å². The summed E-state index contributed by atoms with van der Waals surface area (Å²) in [4.78, 5) is 14.5. The molecule has 0 aromatic heterocycles. The van der Waals surface area contributed by atoms with Crippen LogP contribution in [0, 0.1) is 0 Å². The van der Waals surface area contributed by atoms with E-state index >= 15 is 0 Å². The van der Waals surface area contributed by atoms with Gasteiger partial charge in [-0.15, -0.1) is 0 Å². The first-order valence-corrected chi connectivity index (χ1v) is 4.00. The molecular weight excluding hydrogens is 231 g/mol. The van der Waals surface area contributed by atoms with E-state index in [1.165, 1.54) is 13.1 Å². The van der Waals surface area contributed by atoms with Crippen LogP contribution >= 0.6 is 27.5 Å². The summed E-state index contributed by atoms with van der Waals surface area (Å²) in [6, 6.07) is 0. The first kappa shape index (κ1) is 10.7. The number of aliphatic imine (C=N–C) groups is 1. The standard InChI is InChI=1S/C6H8BrClN2O/c1-9-5(8)3-4(7)6(11)10-2/h3H,1-2H3,(H,10,11)/b4-3+,9-5-. The van der Waals surface area contributed by atoms with E-state index < -0.39 is 0 Å². The molecule has 1 N–H and O–H groups in total. The maximum Gasteiger partial charge on any atom is 0.258 e. The number of likely N-dealkylation sites (N-methyl/N-ethyl adjacent to an activating group) is 1. The van der Waals surface area contributed by atoms with Crippen molar-refractivity contribution in [3.63, 3.8) is 0 Å². The molecule has 5 heteroatoms. The van der Waals surface area contributed by atoms with Gasteiger partial charge in [0, 0.05) is 14.1 Å². The molecule has 0 aliphatic carbocycles. The van der Waals surface area contributed by atoms with Gasteiger partial charge in [-0.2, -0.15) is 0 Å². The highest BCUT2D eigenvalue weighted by Crippen LogP contribution is 2.05. The quantitative estimate of drug-likeness (QED) is 0.572. The normalized spacial score (nSPS) is 13.1. The van der Waals surface area contributed by atoms with Crippen LogP contribution in [0.5, 0.6) is 0 Å². The van der Waals surface area contributed by atoms with E-state index in [9.17, 15) is 4.79 Å². The van der Waals surface area contributed by atoms with Crippen molar-refractivity contribution in [3.8, 4) is 0 Å². The molecule has 0 radical (unpaired) electrons. The van der Waals surface area contributed by atoms with Crippen LogP contribution in [0.25, 0.3) is 0 Å². The fraction of sp³-hybridized carbons (Fsp3) is 0.333. The van der Waals surface area contributed by atoms with Crippen LogP contribution in [0.4, 0.5) is 0 Å². The van der Waals surface area contributed by atoms with Gasteiger partial charge in [0.15, 0.2) is 0 Å². The molecule has 0 spiro atoms. The Kier molecular flexibility index (Phi) is 5.15. The van der Waals surface area contributed by atoms with Crippen LogP contribution in [0.2, 0.25) is 0 Å². The van der Waals surface area contributed by atoms with Crippen molar-refractivity contribution in [3.05, 3.63) is 10.6 Å². The summed E-state index contributed by atoms with van der Waals surface area (Å²) < 4.78 is 0.357. The molecule has 0 saturated carbocycles. The lowest BCUT2D eigenvalue weighted by atomic mass is 10.5. The lowest BCUT2D eigenvalue weighted by Gasteiger charge is -1.94. The van der Waals surface area contributed by atoms with Gasteiger partial charge in [-0.05, 0) is 22.0 Å². The van der Waals surface area contributed by atoms with Crippen molar-refractivity contribution < 1.29 is 4.79 Å². The smallest absolute Gasteiger partial charge is 0.258 e. The highest BCUT2D eigenvalue weighted by atomic mass is 79.9. The summed E-state index contributed by atoms with van der Waals surface area (Å²) >= 11 is 8.55. The molecule has 0 unspecified atom stereocenters. The fourth-order valence-corrected chi connectivity index (χ4v) is 1.01. The molecule has 1 amide bonds. The Morgan fingerprint density at radius 3 is 2.64 bits per heavy atom. The summed E-state index contributed by atoms with van der Waals surface area (Å²) in [6.45, 7) is 0. The molecule has 0 bridgehead atoms. The molecule has 62 valence electrons. The van der Waals surface area contributed by atoms with Crippen molar-refractivity contribution in [1.29, 1.82) is 0 Å².